The van der Waals surface area contributed by atoms with Gasteiger partial charge in [0.2, 0.25) is 0 Å². The molecule has 0 saturated carbocycles. The highest BCUT2D eigenvalue weighted by Gasteiger charge is 2.26. The molecule has 0 bridgehead atoms. The van der Waals surface area contributed by atoms with Gasteiger partial charge in [0.1, 0.15) is 0 Å². The first-order valence-corrected chi connectivity index (χ1v) is 6.65. The highest BCUT2D eigenvalue weighted by molar-refractivity contribution is 7.48. The molecular weight excluding hydrogens is 235 g/mol. The van der Waals surface area contributed by atoms with Crippen molar-refractivity contribution in [3.8, 4) is 0 Å². The molecule has 1 aromatic rings. The number of rotatable bonds is 4. The predicted molar refractivity (Wildman–Crippen MR) is 70.1 cm³/mol. The van der Waals surface area contributed by atoms with Gasteiger partial charge in [0, 0.05) is 11.0 Å². The molecule has 0 heterocycles. The van der Waals surface area contributed by atoms with Crippen molar-refractivity contribution in [2.24, 2.45) is 5.41 Å². The Balaban J connectivity index is 3.21. The summed E-state index contributed by atoms with van der Waals surface area (Å²) in [6.45, 7) is 8.86. The van der Waals surface area contributed by atoms with Gasteiger partial charge in [-0.15, -0.1) is 0 Å². The minimum Gasteiger partial charge on any atom is -0.450 e. The van der Waals surface area contributed by atoms with E-state index in [9.17, 15) is 9.36 Å². The van der Waals surface area contributed by atoms with Gasteiger partial charge in [-0.25, -0.2) is 0 Å². The van der Waals surface area contributed by atoms with Crippen LogP contribution in [0, 0.1) is 5.41 Å². The lowest BCUT2D eigenvalue weighted by atomic mass is 9.86. The zero-order valence-electron chi connectivity index (χ0n) is 10.3. The van der Waals surface area contributed by atoms with E-state index in [1.165, 1.54) is 0 Å². The fourth-order valence-corrected chi connectivity index (χ4v) is 2.33. The average Bonchev–Trinajstić information content (AvgIpc) is 2.27. The van der Waals surface area contributed by atoms with E-state index in [0.717, 1.165) is 6.26 Å². The Hall–Kier alpha value is -1.34. The second-order valence-corrected chi connectivity index (χ2v) is 6.05. The minimum atomic E-state index is -2.44. The first-order chi connectivity index (χ1) is 7.88. The summed E-state index contributed by atoms with van der Waals surface area (Å²) in [5.74, 6) is -0.0425. The molecule has 1 aromatic carbocycles. The van der Waals surface area contributed by atoms with Crippen molar-refractivity contribution >= 4 is 19.1 Å². The number of carbonyl (C=O) groups is 1. The van der Waals surface area contributed by atoms with Crippen LogP contribution in [0.1, 0.15) is 31.1 Å². The maximum Gasteiger partial charge on any atom is 0.266 e. The smallest absolute Gasteiger partial charge is 0.266 e. The van der Waals surface area contributed by atoms with Gasteiger partial charge in [-0.3, -0.25) is 9.36 Å². The molecule has 0 saturated heterocycles. The normalized spacial score (nSPS) is 12.9. The molecule has 0 fully saturated rings. The molecule has 0 spiro atoms. The molecule has 1 atom stereocenters. The number of carbonyl (C=O) groups excluding carboxylic acids is 1. The van der Waals surface area contributed by atoms with E-state index >= 15 is 0 Å². The van der Waals surface area contributed by atoms with Crippen LogP contribution in [-0.2, 0) is 9.09 Å². The first kappa shape index (κ1) is 13.7. The van der Waals surface area contributed by atoms with Crippen LogP contribution in [-0.4, -0.2) is 5.78 Å². The minimum absolute atomic E-state index is 0.0425. The Morgan fingerprint density at radius 2 is 1.94 bits per heavy atom. The number of benzene rings is 1. The molecule has 0 aromatic heterocycles. The highest BCUT2D eigenvalue weighted by atomic mass is 31.1. The number of hydrogen-bond donors (Lipinski definition) is 0. The van der Waals surface area contributed by atoms with Crippen LogP contribution >= 0.6 is 8.03 Å². The van der Waals surface area contributed by atoms with Crippen LogP contribution < -0.4 is 5.30 Å². The lowest BCUT2D eigenvalue weighted by Gasteiger charge is -2.18. The van der Waals surface area contributed by atoms with Crippen LogP contribution in [0.2, 0.25) is 0 Å². The molecule has 4 heteroatoms. The maximum atomic E-state index is 12.2. The van der Waals surface area contributed by atoms with Crippen LogP contribution in [0.3, 0.4) is 0 Å². The third kappa shape index (κ3) is 3.31. The van der Waals surface area contributed by atoms with Crippen molar-refractivity contribution in [1.82, 2.24) is 0 Å². The summed E-state index contributed by atoms with van der Waals surface area (Å²) in [6.07, 6.45) is 1.14. The standard InChI is InChI=1S/C13H17O3P/c1-5-16-17(15)11-9-7-6-8-10(11)12(14)13(2,3)4/h5-9,17H,1H2,2-4H3. The molecule has 0 aliphatic carbocycles. The summed E-state index contributed by atoms with van der Waals surface area (Å²) in [6, 6.07) is 6.83. The molecule has 1 unspecified atom stereocenters. The molecule has 0 radical (unpaired) electrons. The summed E-state index contributed by atoms with van der Waals surface area (Å²) in [5.41, 5.74) is -0.0439. The quantitative estimate of drug-likeness (QED) is 0.469. The Bertz CT molecular complexity index is 458. The van der Waals surface area contributed by atoms with E-state index < -0.39 is 13.4 Å². The predicted octanol–water partition coefficient (Wildman–Crippen LogP) is 3.18. The largest absolute Gasteiger partial charge is 0.450 e. The fourth-order valence-electron chi connectivity index (χ4n) is 1.40. The number of hydrogen-bond acceptors (Lipinski definition) is 3. The van der Waals surface area contributed by atoms with E-state index in [4.69, 9.17) is 4.52 Å². The van der Waals surface area contributed by atoms with Crippen LogP contribution in [0.15, 0.2) is 37.1 Å². The van der Waals surface area contributed by atoms with Crippen molar-refractivity contribution in [1.29, 1.82) is 0 Å². The van der Waals surface area contributed by atoms with Crippen molar-refractivity contribution in [3.05, 3.63) is 42.7 Å². The highest BCUT2D eigenvalue weighted by Crippen LogP contribution is 2.27. The van der Waals surface area contributed by atoms with Crippen molar-refractivity contribution < 1.29 is 13.9 Å². The third-order valence-corrected chi connectivity index (χ3v) is 3.52. The lowest BCUT2D eigenvalue weighted by Crippen LogP contribution is -2.25. The van der Waals surface area contributed by atoms with Gasteiger partial charge >= 0.3 is 0 Å². The monoisotopic (exact) mass is 252 g/mol. The maximum absolute atomic E-state index is 12.2. The van der Waals surface area contributed by atoms with Crippen LogP contribution in [0.5, 0.6) is 0 Å². The summed E-state index contributed by atoms with van der Waals surface area (Å²) in [4.78, 5) is 12.2. The SMILES string of the molecule is C=CO[PH](=O)c1ccccc1C(=O)C(C)(C)C. The summed E-state index contributed by atoms with van der Waals surface area (Å²) in [5, 5.41) is 0.456. The Labute approximate surface area is 102 Å². The summed E-state index contributed by atoms with van der Waals surface area (Å²) in [7, 11) is -2.44. The molecule has 17 heavy (non-hydrogen) atoms. The van der Waals surface area contributed by atoms with Gasteiger partial charge in [0.25, 0.3) is 8.03 Å². The summed E-state index contributed by atoms with van der Waals surface area (Å²) < 4.78 is 16.7. The average molecular weight is 252 g/mol. The molecular formula is C13H17O3P. The zero-order chi connectivity index (χ0) is 13.1. The molecule has 0 N–H and O–H groups in total. The van der Waals surface area contributed by atoms with E-state index in [2.05, 4.69) is 6.58 Å². The molecule has 0 aliphatic rings. The lowest BCUT2D eigenvalue weighted by molar-refractivity contribution is 0.0859. The summed E-state index contributed by atoms with van der Waals surface area (Å²) >= 11 is 0. The van der Waals surface area contributed by atoms with Crippen molar-refractivity contribution in [2.75, 3.05) is 0 Å². The van der Waals surface area contributed by atoms with Crippen LogP contribution in [0.25, 0.3) is 0 Å². The van der Waals surface area contributed by atoms with Gasteiger partial charge in [-0.05, 0) is 6.07 Å². The van der Waals surface area contributed by atoms with Crippen molar-refractivity contribution in [3.63, 3.8) is 0 Å². The zero-order valence-corrected chi connectivity index (χ0v) is 11.3. The Morgan fingerprint density at radius 3 is 2.47 bits per heavy atom. The van der Waals surface area contributed by atoms with E-state index in [-0.39, 0.29) is 5.78 Å². The third-order valence-electron chi connectivity index (χ3n) is 2.26. The van der Waals surface area contributed by atoms with Gasteiger partial charge < -0.3 is 4.52 Å². The first-order valence-electron chi connectivity index (χ1n) is 5.33. The molecule has 1 rings (SSSR count). The Kier molecular flexibility index (Phi) is 4.30. The van der Waals surface area contributed by atoms with E-state index in [1.807, 2.05) is 20.8 Å². The van der Waals surface area contributed by atoms with Crippen molar-refractivity contribution in [2.45, 2.75) is 20.8 Å². The van der Waals surface area contributed by atoms with Crippen LogP contribution in [0.4, 0.5) is 0 Å². The molecule has 3 nitrogen and oxygen atoms in total. The van der Waals surface area contributed by atoms with Gasteiger partial charge in [-0.1, -0.05) is 45.5 Å². The number of Topliss-reactive ketones (excluding diaryl/α,β-unsaturated/α-hetero) is 1. The topological polar surface area (TPSA) is 43.4 Å². The molecule has 0 amide bonds. The molecule has 92 valence electrons. The van der Waals surface area contributed by atoms with E-state index in [0.29, 0.717) is 10.9 Å². The van der Waals surface area contributed by atoms with Gasteiger partial charge in [0.05, 0.1) is 11.6 Å². The van der Waals surface area contributed by atoms with Gasteiger partial charge in [0.15, 0.2) is 5.78 Å². The molecule has 0 aliphatic heterocycles. The van der Waals surface area contributed by atoms with Gasteiger partial charge in [-0.2, -0.15) is 0 Å². The number of ketones is 1. The van der Waals surface area contributed by atoms with E-state index in [1.54, 1.807) is 24.3 Å². The second kappa shape index (κ2) is 5.33. The Morgan fingerprint density at radius 1 is 1.35 bits per heavy atom. The second-order valence-electron chi connectivity index (χ2n) is 4.70. The fraction of sp³-hybridized carbons (Fsp3) is 0.308.